The summed E-state index contributed by atoms with van der Waals surface area (Å²) in [6, 6.07) is 5.81. The standard InChI is InChI=1S/C14H20FN3O/c1-10(16)11-4-3-7-18(9-11)14(19)17-13-6-2-5-12(15)8-13/h2,5-6,8,10-11H,3-4,7,9,16H2,1H3,(H,17,19). The first-order valence-corrected chi connectivity index (χ1v) is 6.63. The molecule has 1 saturated heterocycles. The minimum absolute atomic E-state index is 0.0877. The lowest BCUT2D eigenvalue weighted by Gasteiger charge is -2.34. The van der Waals surface area contributed by atoms with Crippen LogP contribution in [0.3, 0.4) is 0 Å². The number of urea groups is 1. The van der Waals surface area contributed by atoms with Crippen molar-refractivity contribution in [2.24, 2.45) is 11.7 Å². The van der Waals surface area contributed by atoms with Gasteiger partial charge < -0.3 is 16.0 Å². The Labute approximate surface area is 112 Å². The Hall–Kier alpha value is -1.62. The predicted molar refractivity (Wildman–Crippen MR) is 73.4 cm³/mol. The van der Waals surface area contributed by atoms with Gasteiger partial charge in [-0.25, -0.2) is 9.18 Å². The molecule has 2 rings (SSSR count). The van der Waals surface area contributed by atoms with Gasteiger partial charge in [0.1, 0.15) is 5.82 Å². The molecular formula is C14H20FN3O. The average Bonchev–Trinajstić information content (AvgIpc) is 2.39. The van der Waals surface area contributed by atoms with E-state index in [4.69, 9.17) is 5.73 Å². The fourth-order valence-electron chi connectivity index (χ4n) is 2.39. The van der Waals surface area contributed by atoms with Crippen molar-refractivity contribution >= 4 is 11.7 Å². The first-order chi connectivity index (χ1) is 9.06. The third-order valence-corrected chi connectivity index (χ3v) is 3.56. The molecule has 1 aliphatic rings. The number of likely N-dealkylation sites (tertiary alicyclic amines) is 1. The highest BCUT2D eigenvalue weighted by Gasteiger charge is 2.25. The molecule has 2 atom stereocenters. The summed E-state index contributed by atoms with van der Waals surface area (Å²) in [6.45, 7) is 3.36. The second-order valence-corrected chi connectivity index (χ2v) is 5.15. The van der Waals surface area contributed by atoms with Gasteiger partial charge in [-0.1, -0.05) is 6.07 Å². The van der Waals surface area contributed by atoms with Gasteiger partial charge in [-0.2, -0.15) is 0 Å². The van der Waals surface area contributed by atoms with Gasteiger partial charge in [0.2, 0.25) is 0 Å². The van der Waals surface area contributed by atoms with Crippen molar-refractivity contribution in [3.63, 3.8) is 0 Å². The number of carbonyl (C=O) groups excluding carboxylic acids is 1. The highest BCUT2D eigenvalue weighted by molar-refractivity contribution is 5.89. The van der Waals surface area contributed by atoms with Crippen molar-refractivity contribution in [2.45, 2.75) is 25.8 Å². The number of nitrogens with two attached hydrogens (primary N) is 1. The van der Waals surface area contributed by atoms with E-state index >= 15 is 0 Å². The molecule has 0 radical (unpaired) electrons. The molecule has 1 heterocycles. The van der Waals surface area contributed by atoms with Gasteiger partial charge in [-0.15, -0.1) is 0 Å². The van der Waals surface area contributed by atoms with Gasteiger partial charge in [0.15, 0.2) is 0 Å². The lowest BCUT2D eigenvalue weighted by Crippen LogP contribution is -2.46. The minimum Gasteiger partial charge on any atom is -0.328 e. The molecule has 0 spiro atoms. The maximum absolute atomic E-state index is 13.0. The zero-order valence-electron chi connectivity index (χ0n) is 11.1. The molecule has 0 saturated carbocycles. The SMILES string of the molecule is CC(N)C1CCCN(C(=O)Nc2cccc(F)c2)C1. The number of nitrogens with zero attached hydrogens (tertiary/aromatic N) is 1. The van der Waals surface area contributed by atoms with Crippen molar-refractivity contribution in [1.29, 1.82) is 0 Å². The summed E-state index contributed by atoms with van der Waals surface area (Å²) in [6.07, 6.45) is 2.02. The molecule has 5 heteroatoms. The zero-order chi connectivity index (χ0) is 13.8. The number of carbonyl (C=O) groups is 1. The number of hydrogen-bond donors (Lipinski definition) is 2. The maximum atomic E-state index is 13.0. The molecule has 2 unspecified atom stereocenters. The molecule has 2 amide bonds. The van der Waals surface area contributed by atoms with E-state index in [9.17, 15) is 9.18 Å². The smallest absolute Gasteiger partial charge is 0.321 e. The first-order valence-electron chi connectivity index (χ1n) is 6.63. The number of piperidine rings is 1. The minimum atomic E-state index is -0.357. The maximum Gasteiger partial charge on any atom is 0.321 e. The van der Waals surface area contributed by atoms with Gasteiger partial charge in [-0.05, 0) is 43.9 Å². The molecular weight excluding hydrogens is 245 g/mol. The van der Waals surface area contributed by atoms with Gasteiger partial charge in [0, 0.05) is 24.8 Å². The van der Waals surface area contributed by atoms with Crippen molar-refractivity contribution in [3.05, 3.63) is 30.1 Å². The topological polar surface area (TPSA) is 58.4 Å². The fraction of sp³-hybridized carbons (Fsp3) is 0.500. The molecule has 0 aromatic heterocycles. The van der Waals surface area contributed by atoms with Crippen LogP contribution in [-0.4, -0.2) is 30.1 Å². The van der Waals surface area contributed by atoms with E-state index in [0.29, 0.717) is 18.2 Å². The van der Waals surface area contributed by atoms with Crippen LogP contribution >= 0.6 is 0 Å². The van der Waals surface area contributed by atoms with E-state index < -0.39 is 0 Å². The van der Waals surface area contributed by atoms with Crippen LogP contribution in [0.25, 0.3) is 0 Å². The highest BCUT2D eigenvalue weighted by Crippen LogP contribution is 2.20. The van der Waals surface area contributed by atoms with Crippen LogP contribution in [0.4, 0.5) is 14.9 Å². The second-order valence-electron chi connectivity index (χ2n) is 5.15. The number of benzene rings is 1. The predicted octanol–water partition coefficient (Wildman–Crippen LogP) is 2.42. The molecule has 1 aliphatic heterocycles. The third kappa shape index (κ3) is 3.67. The quantitative estimate of drug-likeness (QED) is 0.862. The molecule has 0 aliphatic carbocycles. The molecule has 1 fully saturated rings. The summed E-state index contributed by atoms with van der Waals surface area (Å²) in [5.74, 6) is -0.0167. The number of hydrogen-bond acceptors (Lipinski definition) is 2. The fourth-order valence-corrected chi connectivity index (χ4v) is 2.39. The van der Waals surface area contributed by atoms with E-state index in [1.54, 1.807) is 17.0 Å². The third-order valence-electron chi connectivity index (χ3n) is 3.56. The van der Waals surface area contributed by atoms with E-state index in [1.165, 1.54) is 12.1 Å². The van der Waals surface area contributed by atoms with E-state index in [-0.39, 0.29) is 17.9 Å². The van der Waals surface area contributed by atoms with E-state index in [0.717, 1.165) is 19.4 Å². The van der Waals surface area contributed by atoms with Crippen molar-refractivity contribution in [1.82, 2.24) is 4.90 Å². The largest absolute Gasteiger partial charge is 0.328 e. The van der Waals surface area contributed by atoms with Crippen LogP contribution in [0.1, 0.15) is 19.8 Å². The van der Waals surface area contributed by atoms with Gasteiger partial charge in [-0.3, -0.25) is 0 Å². The molecule has 0 bridgehead atoms. The van der Waals surface area contributed by atoms with Crippen LogP contribution < -0.4 is 11.1 Å². The van der Waals surface area contributed by atoms with Crippen molar-refractivity contribution in [3.8, 4) is 0 Å². The highest BCUT2D eigenvalue weighted by atomic mass is 19.1. The number of halogens is 1. The monoisotopic (exact) mass is 265 g/mol. The Kier molecular flexibility index (Phi) is 4.37. The van der Waals surface area contributed by atoms with Crippen LogP contribution in [0, 0.1) is 11.7 Å². The van der Waals surface area contributed by atoms with E-state index in [1.807, 2.05) is 6.92 Å². The van der Waals surface area contributed by atoms with Gasteiger partial charge >= 0.3 is 6.03 Å². The van der Waals surface area contributed by atoms with Crippen molar-refractivity contribution < 1.29 is 9.18 Å². The Bertz CT molecular complexity index is 450. The van der Waals surface area contributed by atoms with Crippen molar-refractivity contribution in [2.75, 3.05) is 18.4 Å². The molecule has 1 aromatic carbocycles. The Morgan fingerprint density at radius 1 is 1.58 bits per heavy atom. The summed E-state index contributed by atoms with van der Waals surface area (Å²) in [4.78, 5) is 13.9. The number of anilines is 1. The number of rotatable bonds is 2. The van der Waals surface area contributed by atoms with Crippen LogP contribution in [0.2, 0.25) is 0 Å². The second kappa shape index (κ2) is 6.02. The average molecular weight is 265 g/mol. The van der Waals surface area contributed by atoms with Gasteiger partial charge in [0.05, 0.1) is 0 Å². The summed E-state index contributed by atoms with van der Waals surface area (Å²) >= 11 is 0. The van der Waals surface area contributed by atoms with E-state index in [2.05, 4.69) is 5.32 Å². The molecule has 19 heavy (non-hydrogen) atoms. The van der Waals surface area contributed by atoms with Crippen LogP contribution in [0.15, 0.2) is 24.3 Å². The molecule has 104 valence electrons. The lowest BCUT2D eigenvalue weighted by molar-refractivity contribution is 0.169. The Balaban J connectivity index is 1.96. The summed E-state index contributed by atoms with van der Waals surface area (Å²) in [7, 11) is 0. The first kappa shape index (κ1) is 13.8. The van der Waals surface area contributed by atoms with Crippen LogP contribution in [-0.2, 0) is 0 Å². The number of nitrogens with one attached hydrogen (secondary N) is 1. The van der Waals surface area contributed by atoms with Gasteiger partial charge in [0.25, 0.3) is 0 Å². The Morgan fingerprint density at radius 3 is 3.05 bits per heavy atom. The summed E-state index contributed by atoms with van der Waals surface area (Å²) in [5.41, 5.74) is 6.37. The summed E-state index contributed by atoms with van der Waals surface area (Å²) in [5, 5.41) is 2.72. The normalized spacial score (nSPS) is 21.0. The number of amides is 2. The van der Waals surface area contributed by atoms with Crippen LogP contribution in [0.5, 0.6) is 0 Å². The molecule has 3 N–H and O–H groups in total. The molecule has 1 aromatic rings. The molecule has 4 nitrogen and oxygen atoms in total. The zero-order valence-corrected chi connectivity index (χ0v) is 11.1. The Morgan fingerprint density at radius 2 is 2.37 bits per heavy atom. The summed E-state index contributed by atoms with van der Waals surface area (Å²) < 4.78 is 13.0. The lowest BCUT2D eigenvalue weighted by atomic mass is 9.92.